The Balaban J connectivity index is 1.69. The van der Waals surface area contributed by atoms with Crippen LogP contribution in [0.15, 0.2) is 48.7 Å². The maximum Gasteiger partial charge on any atom is 0.278 e. The Kier molecular flexibility index (Phi) is 5.24. The first kappa shape index (κ1) is 19.7. The monoisotopic (exact) mass is 423 g/mol. The third-order valence-electron chi connectivity index (χ3n) is 4.67. The van der Waals surface area contributed by atoms with Crippen LogP contribution in [-0.2, 0) is 0 Å². The molecule has 0 aliphatic rings. The molecule has 0 fully saturated rings. The van der Waals surface area contributed by atoms with Crippen molar-refractivity contribution >= 4 is 28.8 Å². The number of rotatable bonds is 5. The highest BCUT2D eigenvalue weighted by Gasteiger charge is 2.19. The summed E-state index contributed by atoms with van der Waals surface area (Å²) < 4.78 is 12.1. The average molecular weight is 424 g/mol. The zero-order valence-corrected chi connectivity index (χ0v) is 17.3. The maximum absolute atomic E-state index is 12.8. The number of ether oxygens (including phenoxy) is 2. The molecular weight excluding hydrogens is 406 g/mol. The molecule has 0 radical (unpaired) electrons. The summed E-state index contributed by atoms with van der Waals surface area (Å²) in [7, 11) is 3.13. The van der Waals surface area contributed by atoms with Gasteiger partial charge < -0.3 is 14.8 Å². The van der Waals surface area contributed by atoms with Crippen LogP contribution in [-0.4, -0.2) is 39.9 Å². The number of amides is 1. The number of hydrogen-bond donors (Lipinski definition) is 1. The molecular formula is C21H18ClN5O3. The summed E-state index contributed by atoms with van der Waals surface area (Å²) in [4.78, 5) is 12.8. The van der Waals surface area contributed by atoms with Crippen LogP contribution >= 0.6 is 11.6 Å². The summed E-state index contributed by atoms with van der Waals surface area (Å²) in [6.45, 7) is 1.76. The maximum atomic E-state index is 12.8. The Labute approximate surface area is 177 Å². The van der Waals surface area contributed by atoms with Gasteiger partial charge in [-0.25, -0.2) is 4.52 Å². The van der Waals surface area contributed by atoms with E-state index in [0.29, 0.717) is 27.8 Å². The third kappa shape index (κ3) is 3.53. The lowest BCUT2D eigenvalue weighted by molar-refractivity contribution is 0.101. The number of carbonyl (C=O) groups is 1. The van der Waals surface area contributed by atoms with E-state index in [9.17, 15) is 4.79 Å². The molecule has 2 heterocycles. The van der Waals surface area contributed by atoms with Gasteiger partial charge in [0.2, 0.25) is 0 Å². The fraction of sp³-hybridized carbons (Fsp3) is 0.143. The van der Waals surface area contributed by atoms with E-state index in [0.717, 1.165) is 16.9 Å². The molecule has 0 saturated heterocycles. The largest absolute Gasteiger partial charge is 0.497 e. The van der Waals surface area contributed by atoms with Crippen LogP contribution in [0.25, 0.3) is 16.8 Å². The lowest BCUT2D eigenvalue weighted by Crippen LogP contribution is -2.19. The highest BCUT2D eigenvalue weighted by Crippen LogP contribution is 2.29. The number of aromatic nitrogens is 4. The van der Waals surface area contributed by atoms with Crippen molar-refractivity contribution in [2.75, 3.05) is 19.5 Å². The van der Waals surface area contributed by atoms with Crippen LogP contribution in [0.2, 0.25) is 5.02 Å². The van der Waals surface area contributed by atoms with Crippen LogP contribution in [0.3, 0.4) is 0 Å². The Hall–Kier alpha value is -3.65. The molecule has 0 aliphatic carbocycles. The van der Waals surface area contributed by atoms with Gasteiger partial charge in [-0.05, 0) is 42.8 Å². The summed E-state index contributed by atoms with van der Waals surface area (Å²) in [6.07, 6.45) is 1.69. The smallest absolute Gasteiger partial charge is 0.278 e. The van der Waals surface area contributed by atoms with E-state index in [1.807, 2.05) is 24.3 Å². The number of carbonyl (C=O) groups excluding carboxylic acids is 1. The van der Waals surface area contributed by atoms with E-state index in [-0.39, 0.29) is 5.69 Å². The summed E-state index contributed by atoms with van der Waals surface area (Å²) in [5.74, 6) is 0.803. The zero-order valence-electron chi connectivity index (χ0n) is 16.5. The number of hydrogen-bond acceptors (Lipinski definition) is 6. The Morgan fingerprint density at radius 1 is 1.07 bits per heavy atom. The SMILES string of the molecule is COc1ccc(-c2cnn3c(C)c(C(=O)Nc4cc(Cl)ccc4OC)nnc23)cc1. The van der Waals surface area contributed by atoms with E-state index < -0.39 is 5.91 Å². The standard InChI is InChI=1S/C21H18ClN5O3/c1-12-19(21(28)24-17-10-14(22)6-9-18(17)30-3)25-26-20-16(11-23-27(12)20)13-4-7-15(29-2)8-5-13/h4-11H,1-3H3,(H,24,28). The summed E-state index contributed by atoms with van der Waals surface area (Å²) >= 11 is 6.04. The first-order valence-corrected chi connectivity index (χ1v) is 9.40. The van der Waals surface area contributed by atoms with Crippen LogP contribution in [0, 0.1) is 6.92 Å². The summed E-state index contributed by atoms with van der Waals surface area (Å²) in [5.41, 5.74) is 3.41. The van der Waals surface area contributed by atoms with E-state index in [2.05, 4.69) is 20.6 Å². The molecule has 0 saturated carbocycles. The second kappa shape index (κ2) is 8.00. The minimum Gasteiger partial charge on any atom is -0.497 e. The third-order valence-corrected chi connectivity index (χ3v) is 4.91. The van der Waals surface area contributed by atoms with Gasteiger partial charge >= 0.3 is 0 Å². The number of halogens is 1. The van der Waals surface area contributed by atoms with Gasteiger partial charge in [-0.15, -0.1) is 10.2 Å². The van der Waals surface area contributed by atoms with Gasteiger partial charge in [0.05, 0.1) is 31.8 Å². The molecule has 9 heteroatoms. The molecule has 30 heavy (non-hydrogen) atoms. The topological polar surface area (TPSA) is 90.6 Å². The van der Waals surface area contributed by atoms with Crippen LogP contribution in [0.1, 0.15) is 16.2 Å². The normalized spacial score (nSPS) is 10.8. The van der Waals surface area contributed by atoms with Crippen molar-refractivity contribution in [3.63, 3.8) is 0 Å². The lowest BCUT2D eigenvalue weighted by Gasteiger charge is -2.11. The molecule has 0 atom stereocenters. The highest BCUT2D eigenvalue weighted by atomic mass is 35.5. The molecule has 4 rings (SSSR count). The van der Waals surface area contributed by atoms with Gasteiger partial charge in [-0.1, -0.05) is 23.7 Å². The van der Waals surface area contributed by atoms with Gasteiger partial charge in [0.25, 0.3) is 5.91 Å². The Morgan fingerprint density at radius 2 is 1.83 bits per heavy atom. The number of aryl methyl sites for hydroxylation is 1. The van der Waals surface area contributed by atoms with Gasteiger partial charge in [-0.2, -0.15) is 5.10 Å². The highest BCUT2D eigenvalue weighted by molar-refractivity contribution is 6.31. The summed E-state index contributed by atoms with van der Waals surface area (Å²) in [5, 5.41) is 16.0. The predicted octanol–water partition coefficient (Wildman–Crippen LogP) is 4.02. The molecule has 0 unspecified atom stereocenters. The minimum absolute atomic E-state index is 0.147. The fourth-order valence-electron chi connectivity index (χ4n) is 3.10. The number of anilines is 1. The molecule has 0 spiro atoms. The second-order valence-electron chi connectivity index (χ2n) is 6.45. The lowest BCUT2D eigenvalue weighted by atomic mass is 10.1. The second-order valence-corrected chi connectivity index (χ2v) is 6.89. The molecule has 0 bridgehead atoms. The number of methoxy groups -OCH3 is 2. The van der Waals surface area contributed by atoms with E-state index >= 15 is 0 Å². The quantitative estimate of drug-likeness (QED) is 0.521. The number of nitrogens with one attached hydrogen (secondary N) is 1. The van der Waals surface area contributed by atoms with Gasteiger partial charge in [0, 0.05) is 10.6 Å². The molecule has 1 amide bonds. The van der Waals surface area contributed by atoms with Gasteiger partial charge in [-0.3, -0.25) is 4.79 Å². The minimum atomic E-state index is -0.441. The van der Waals surface area contributed by atoms with Crippen LogP contribution < -0.4 is 14.8 Å². The van der Waals surface area contributed by atoms with Crippen molar-refractivity contribution in [3.05, 3.63) is 65.1 Å². The van der Waals surface area contributed by atoms with Crippen molar-refractivity contribution in [2.24, 2.45) is 0 Å². The first-order valence-electron chi connectivity index (χ1n) is 9.02. The van der Waals surface area contributed by atoms with E-state index in [4.69, 9.17) is 21.1 Å². The average Bonchev–Trinajstić information content (AvgIpc) is 3.19. The van der Waals surface area contributed by atoms with Crippen LogP contribution in [0.4, 0.5) is 5.69 Å². The van der Waals surface area contributed by atoms with Crippen molar-refractivity contribution < 1.29 is 14.3 Å². The molecule has 0 aliphatic heterocycles. The van der Waals surface area contributed by atoms with E-state index in [1.54, 1.807) is 42.9 Å². The molecule has 2 aromatic carbocycles. The first-order chi connectivity index (χ1) is 14.5. The molecule has 4 aromatic rings. The molecule has 8 nitrogen and oxygen atoms in total. The molecule has 152 valence electrons. The molecule has 2 aromatic heterocycles. The predicted molar refractivity (Wildman–Crippen MR) is 113 cm³/mol. The Bertz CT molecular complexity index is 1240. The van der Waals surface area contributed by atoms with Crippen molar-refractivity contribution in [1.82, 2.24) is 19.8 Å². The van der Waals surface area contributed by atoms with E-state index in [1.165, 1.54) is 7.11 Å². The number of fused-ring (bicyclic) bond motifs is 1. The number of nitrogens with zero attached hydrogens (tertiary/aromatic N) is 4. The van der Waals surface area contributed by atoms with Crippen molar-refractivity contribution in [2.45, 2.75) is 6.92 Å². The summed E-state index contributed by atoms with van der Waals surface area (Å²) in [6, 6.07) is 12.5. The van der Waals surface area contributed by atoms with Crippen molar-refractivity contribution in [1.29, 1.82) is 0 Å². The molecule has 1 N–H and O–H groups in total. The zero-order chi connectivity index (χ0) is 21.3. The Morgan fingerprint density at radius 3 is 2.53 bits per heavy atom. The number of benzene rings is 2. The van der Waals surface area contributed by atoms with Crippen molar-refractivity contribution in [3.8, 4) is 22.6 Å². The van der Waals surface area contributed by atoms with Crippen LogP contribution in [0.5, 0.6) is 11.5 Å². The van der Waals surface area contributed by atoms with Gasteiger partial charge in [0.15, 0.2) is 11.3 Å². The van der Waals surface area contributed by atoms with Gasteiger partial charge in [0.1, 0.15) is 11.5 Å². The fourth-order valence-corrected chi connectivity index (χ4v) is 3.27.